The van der Waals surface area contributed by atoms with Gasteiger partial charge in [-0.15, -0.1) is 0 Å². The Bertz CT molecular complexity index is 1300. The van der Waals surface area contributed by atoms with Gasteiger partial charge in [0.25, 0.3) is 0 Å². The molecule has 3 aromatic carbocycles. The topological polar surface area (TPSA) is 90.3 Å². The van der Waals surface area contributed by atoms with Gasteiger partial charge >= 0.3 is 0 Å². The minimum absolute atomic E-state index is 0.207. The number of benzene rings is 3. The van der Waals surface area contributed by atoms with Crippen molar-refractivity contribution in [3.8, 4) is 6.07 Å². The van der Waals surface area contributed by atoms with Crippen molar-refractivity contribution in [3.05, 3.63) is 107 Å². The summed E-state index contributed by atoms with van der Waals surface area (Å²) < 4.78 is 38.7. The van der Waals surface area contributed by atoms with E-state index in [-0.39, 0.29) is 24.8 Å². The van der Waals surface area contributed by atoms with Crippen LogP contribution in [0.1, 0.15) is 22.3 Å². The van der Waals surface area contributed by atoms with E-state index >= 15 is 0 Å². The van der Waals surface area contributed by atoms with Crippen molar-refractivity contribution >= 4 is 27.7 Å². The number of nitrogens with zero attached hydrogens (tertiary/aromatic N) is 2. The molecular formula is C25H22FN3O3S. The molecule has 168 valence electrons. The second-order valence-corrected chi connectivity index (χ2v) is 9.21. The number of carbonyl (C=O) groups excluding carboxylic acids is 1. The summed E-state index contributed by atoms with van der Waals surface area (Å²) in [4.78, 5) is 14.6. The molecule has 0 saturated heterocycles. The highest BCUT2D eigenvalue weighted by Gasteiger charge is 2.13. The van der Waals surface area contributed by atoms with E-state index < -0.39 is 10.0 Å². The molecule has 0 spiro atoms. The predicted molar refractivity (Wildman–Crippen MR) is 126 cm³/mol. The van der Waals surface area contributed by atoms with Gasteiger partial charge in [-0.1, -0.05) is 36.4 Å². The molecule has 3 aromatic rings. The van der Waals surface area contributed by atoms with Crippen LogP contribution in [0.2, 0.25) is 0 Å². The smallest absolute Gasteiger partial charge is 0.247 e. The van der Waals surface area contributed by atoms with Crippen molar-refractivity contribution in [1.29, 1.82) is 5.26 Å². The van der Waals surface area contributed by atoms with E-state index in [4.69, 9.17) is 5.26 Å². The summed E-state index contributed by atoms with van der Waals surface area (Å²) in [6, 6.07) is 21.6. The van der Waals surface area contributed by atoms with Gasteiger partial charge in [0.05, 0.1) is 17.9 Å². The monoisotopic (exact) mass is 463 g/mol. The lowest BCUT2D eigenvalue weighted by molar-refractivity contribution is -0.127. The largest absolute Gasteiger partial charge is 0.331 e. The van der Waals surface area contributed by atoms with E-state index in [0.717, 1.165) is 11.8 Å². The maximum atomic E-state index is 13.6. The Labute approximate surface area is 192 Å². The number of hydrogen-bond donors (Lipinski definition) is 1. The van der Waals surface area contributed by atoms with E-state index in [1.807, 2.05) is 0 Å². The maximum absolute atomic E-state index is 13.6. The third-order valence-corrected chi connectivity index (χ3v) is 5.27. The van der Waals surface area contributed by atoms with Crippen LogP contribution in [-0.4, -0.2) is 25.5 Å². The van der Waals surface area contributed by atoms with Crippen molar-refractivity contribution in [2.75, 3.05) is 11.0 Å². The first-order valence-electron chi connectivity index (χ1n) is 10.0. The van der Waals surface area contributed by atoms with Crippen LogP contribution in [0.15, 0.2) is 78.9 Å². The van der Waals surface area contributed by atoms with Crippen LogP contribution in [0.25, 0.3) is 6.08 Å². The number of carbonyl (C=O) groups is 1. The molecule has 33 heavy (non-hydrogen) atoms. The van der Waals surface area contributed by atoms with E-state index in [9.17, 15) is 17.6 Å². The molecule has 0 fully saturated rings. The van der Waals surface area contributed by atoms with Crippen LogP contribution >= 0.6 is 0 Å². The summed E-state index contributed by atoms with van der Waals surface area (Å²) >= 11 is 0. The number of hydrogen-bond acceptors (Lipinski definition) is 4. The van der Waals surface area contributed by atoms with Crippen LogP contribution in [0.5, 0.6) is 0 Å². The van der Waals surface area contributed by atoms with Crippen LogP contribution in [0.3, 0.4) is 0 Å². The Morgan fingerprint density at radius 3 is 2.30 bits per heavy atom. The minimum Gasteiger partial charge on any atom is -0.331 e. The Balaban J connectivity index is 1.77. The predicted octanol–water partition coefficient (Wildman–Crippen LogP) is 4.31. The lowest BCUT2D eigenvalue weighted by Crippen LogP contribution is -2.28. The van der Waals surface area contributed by atoms with Crippen molar-refractivity contribution in [2.45, 2.75) is 13.1 Å². The molecule has 0 unspecified atom stereocenters. The van der Waals surface area contributed by atoms with Crippen molar-refractivity contribution in [1.82, 2.24) is 4.90 Å². The number of sulfonamides is 1. The van der Waals surface area contributed by atoms with E-state index in [0.29, 0.717) is 22.4 Å². The minimum atomic E-state index is -3.37. The zero-order valence-corrected chi connectivity index (χ0v) is 18.7. The average Bonchev–Trinajstić information content (AvgIpc) is 2.77. The average molecular weight is 464 g/mol. The zero-order valence-electron chi connectivity index (χ0n) is 17.9. The molecule has 8 heteroatoms. The van der Waals surface area contributed by atoms with Crippen molar-refractivity contribution < 1.29 is 17.6 Å². The molecule has 0 aromatic heterocycles. The normalized spacial score (nSPS) is 11.2. The van der Waals surface area contributed by atoms with E-state index in [1.165, 1.54) is 18.2 Å². The quantitative estimate of drug-likeness (QED) is 0.504. The number of nitrogens with one attached hydrogen (secondary N) is 1. The summed E-state index contributed by atoms with van der Waals surface area (Å²) in [7, 11) is -3.37. The molecule has 1 amide bonds. The molecule has 0 bridgehead atoms. The molecule has 0 aliphatic rings. The first-order valence-corrected chi connectivity index (χ1v) is 11.9. The fourth-order valence-corrected chi connectivity index (χ4v) is 3.69. The Kier molecular flexibility index (Phi) is 7.59. The van der Waals surface area contributed by atoms with Crippen LogP contribution < -0.4 is 4.72 Å². The summed E-state index contributed by atoms with van der Waals surface area (Å²) in [5, 5.41) is 8.98. The highest BCUT2D eigenvalue weighted by Crippen LogP contribution is 2.15. The molecule has 0 heterocycles. The van der Waals surface area contributed by atoms with Gasteiger partial charge < -0.3 is 4.90 Å². The number of rotatable bonds is 8. The molecule has 1 N–H and O–H groups in total. The molecular weight excluding hydrogens is 441 g/mol. The Hall–Kier alpha value is -3.96. The van der Waals surface area contributed by atoms with Crippen LogP contribution in [0.4, 0.5) is 10.1 Å². The SMILES string of the molecule is CS(=O)(=O)Nc1ccc(C=CC(=O)N(Cc2ccc(C#N)cc2)Cc2cccc(F)c2)cc1. The van der Waals surface area contributed by atoms with E-state index in [2.05, 4.69) is 10.8 Å². The number of halogens is 1. The number of amides is 1. The standard InChI is InChI=1S/C25H22FN3O3S/c1-33(31,32)28-24-12-9-19(10-13-24)11-14-25(30)29(18-22-3-2-4-23(26)15-22)17-21-7-5-20(16-27)6-8-21/h2-15,28H,17-18H2,1H3. The second-order valence-electron chi connectivity index (χ2n) is 7.46. The number of anilines is 1. The van der Waals surface area contributed by atoms with Gasteiger partial charge in [0, 0.05) is 24.9 Å². The van der Waals surface area contributed by atoms with Gasteiger partial charge in [-0.3, -0.25) is 9.52 Å². The Morgan fingerprint density at radius 2 is 1.70 bits per heavy atom. The fraction of sp³-hybridized carbons (Fsp3) is 0.120. The van der Waals surface area contributed by atoms with Gasteiger partial charge in [-0.05, 0) is 59.2 Å². The molecule has 0 radical (unpaired) electrons. The molecule has 6 nitrogen and oxygen atoms in total. The summed E-state index contributed by atoms with van der Waals surface area (Å²) in [6.07, 6.45) is 4.12. The zero-order chi connectivity index (χ0) is 23.8. The fourth-order valence-electron chi connectivity index (χ4n) is 3.12. The molecule has 0 atom stereocenters. The van der Waals surface area contributed by atoms with Gasteiger partial charge in [-0.25, -0.2) is 12.8 Å². The Morgan fingerprint density at radius 1 is 1.03 bits per heavy atom. The van der Waals surface area contributed by atoms with Crippen molar-refractivity contribution in [3.63, 3.8) is 0 Å². The first-order chi connectivity index (χ1) is 15.7. The molecule has 3 rings (SSSR count). The van der Waals surface area contributed by atoms with Crippen LogP contribution in [0, 0.1) is 17.1 Å². The molecule has 0 aliphatic carbocycles. The third-order valence-electron chi connectivity index (χ3n) is 4.66. The molecule has 0 aliphatic heterocycles. The highest BCUT2D eigenvalue weighted by molar-refractivity contribution is 7.92. The van der Waals surface area contributed by atoms with Gasteiger partial charge in [-0.2, -0.15) is 5.26 Å². The third kappa shape index (κ3) is 7.59. The second kappa shape index (κ2) is 10.6. The first kappa shape index (κ1) is 23.7. The lowest BCUT2D eigenvalue weighted by Gasteiger charge is -2.22. The van der Waals surface area contributed by atoms with Gasteiger partial charge in [0.2, 0.25) is 15.9 Å². The lowest BCUT2D eigenvalue weighted by atomic mass is 10.1. The van der Waals surface area contributed by atoms with Crippen LogP contribution in [-0.2, 0) is 27.9 Å². The summed E-state index contributed by atoms with van der Waals surface area (Å²) in [6.45, 7) is 0.487. The maximum Gasteiger partial charge on any atom is 0.247 e. The highest BCUT2D eigenvalue weighted by atomic mass is 32.2. The van der Waals surface area contributed by atoms with Crippen molar-refractivity contribution in [2.24, 2.45) is 0 Å². The van der Waals surface area contributed by atoms with Gasteiger partial charge in [0.15, 0.2) is 0 Å². The number of nitriles is 1. The summed E-state index contributed by atoms with van der Waals surface area (Å²) in [5.74, 6) is -0.654. The van der Waals surface area contributed by atoms with Gasteiger partial charge in [0.1, 0.15) is 5.82 Å². The van der Waals surface area contributed by atoms with E-state index in [1.54, 1.807) is 71.6 Å². The molecule has 0 saturated carbocycles. The summed E-state index contributed by atoms with van der Waals surface area (Å²) in [5.41, 5.74) is 3.15.